The highest BCUT2D eigenvalue weighted by molar-refractivity contribution is 5.81. The summed E-state index contributed by atoms with van der Waals surface area (Å²) in [4.78, 5) is 11.9. The van der Waals surface area contributed by atoms with Crippen LogP contribution in [0.1, 0.15) is 6.42 Å². The summed E-state index contributed by atoms with van der Waals surface area (Å²) >= 11 is 0. The summed E-state index contributed by atoms with van der Waals surface area (Å²) in [6.07, 6.45) is 1.87. The van der Waals surface area contributed by atoms with Gasteiger partial charge in [0.25, 0.3) is 5.56 Å². The van der Waals surface area contributed by atoms with E-state index in [1.165, 1.54) is 22.8 Å². The molecular weight excluding hydrogens is 207 g/mol. The van der Waals surface area contributed by atoms with E-state index in [2.05, 4.69) is 0 Å². The maximum atomic E-state index is 12.9. The smallest absolute Gasteiger partial charge is 0.258 e. The van der Waals surface area contributed by atoms with Crippen LogP contribution in [0.25, 0.3) is 10.8 Å². The number of pyridine rings is 1. The average Bonchev–Trinajstić information content (AvgIpc) is 2.28. The lowest BCUT2D eigenvalue weighted by molar-refractivity contribution is 0.629. The Balaban J connectivity index is 2.58. The molecule has 3 nitrogen and oxygen atoms in total. The minimum Gasteiger partial charge on any atom is -0.314 e. The molecule has 0 N–H and O–H groups in total. The van der Waals surface area contributed by atoms with E-state index in [1.54, 1.807) is 12.3 Å². The van der Waals surface area contributed by atoms with Gasteiger partial charge in [0.15, 0.2) is 0 Å². The van der Waals surface area contributed by atoms with E-state index in [0.29, 0.717) is 17.3 Å². The average molecular weight is 216 g/mol. The summed E-state index contributed by atoms with van der Waals surface area (Å²) in [6.45, 7) is 0.364. The highest BCUT2D eigenvalue weighted by atomic mass is 19.1. The van der Waals surface area contributed by atoms with Crippen LogP contribution in [-0.2, 0) is 6.54 Å². The number of hydrogen-bond acceptors (Lipinski definition) is 2. The molecule has 0 saturated heterocycles. The van der Waals surface area contributed by atoms with Crippen LogP contribution in [-0.4, -0.2) is 4.57 Å². The molecule has 0 bridgehead atoms. The SMILES string of the molecule is N#CCCn1ccc2cc(F)ccc2c1=O. The third-order valence-electron chi connectivity index (χ3n) is 2.40. The Morgan fingerprint density at radius 3 is 2.94 bits per heavy atom. The Hall–Kier alpha value is -2.15. The molecule has 16 heavy (non-hydrogen) atoms. The summed E-state index contributed by atoms with van der Waals surface area (Å²) in [7, 11) is 0. The molecule has 80 valence electrons. The number of nitriles is 1. The number of nitrogens with zero attached hydrogens (tertiary/aromatic N) is 2. The summed E-state index contributed by atoms with van der Waals surface area (Å²) < 4.78 is 14.4. The Morgan fingerprint density at radius 2 is 2.19 bits per heavy atom. The fourth-order valence-corrected chi connectivity index (χ4v) is 1.61. The second kappa shape index (κ2) is 4.15. The number of aryl methyl sites for hydroxylation is 1. The minimum atomic E-state index is -0.360. The maximum absolute atomic E-state index is 12.9. The lowest BCUT2D eigenvalue weighted by atomic mass is 10.1. The predicted molar refractivity (Wildman–Crippen MR) is 58.4 cm³/mol. The van der Waals surface area contributed by atoms with Gasteiger partial charge in [0.2, 0.25) is 0 Å². The normalized spacial score (nSPS) is 10.2. The van der Waals surface area contributed by atoms with Crippen molar-refractivity contribution in [2.45, 2.75) is 13.0 Å². The van der Waals surface area contributed by atoms with Crippen molar-refractivity contribution in [3.8, 4) is 6.07 Å². The molecule has 0 aliphatic carbocycles. The van der Waals surface area contributed by atoms with Crippen molar-refractivity contribution in [2.75, 3.05) is 0 Å². The van der Waals surface area contributed by atoms with Crippen molar-refractivity contribution in [1.82, 2.24) is 4.57 Å². The fourth-order valence-electron chi connectivity index (χ4n) is 1.61. The molecule has 1 heterocycles. The molecule has 0 aliphatic rings. The van der Waals surface area contributed by atoms with E-state index in [9.17, 15) is 9.18 Å². The van der Waals surface area contributed by atoms with Gasteiger partial charge in [0.05, 0.1) is 12.5 Å². The molecule has 4 heteroatoms. The highest BCUT2D eigenvalue weighted by Gasteiger charge is 2.03. The van der Waals surface area contributed by atoms with Crippen LogP contribution in [0, 0.1) is 17.1 Å². The Bertz CT molecular complexity index is 625. The van der Waals surface area contributed by atoms with Crippen molar-refractivity contribution >= 4 is 10.8 Å². The van der Waals surface area contributed by atoms with E-state index in [4.69, 9.17) is 5.26 Å². The molecule has 0 fully saturated rings. The van der Waals surface area contributed by atoms with E-state index >= 15 is 0 Å². The van der Waals surface area contributed by atoms with Crippen LogP contribution in [0.15, 0.2) is 35.3 Å². The second-order valence-electron chi connectivity index (χ2n) is 3.45. The van der Waals surface area contributed by atoms with Gasteiger partial charge >= 0.3 is 0 Å². The number of aromatic nitrogens is 1. The summed E-state index contributed by atoms with van der Waals surface area (Å²) in [5, 5.41) is 9.51. The summed E-state index contributed by atoms with van der Waals surface area (Å²) in [6, 6.07) is 7.71. The van der Waals surface area contributed by atoms with Gasteiger partial charge in [-0.1, -0.05) is 0 Å². The van der Waals surface area contributed by atoms with Crippen LogP contribution in [0.5, 0.6) is 0 Å². The lowest BCUT2D eigenvalue weighted by Crippen LogP contribution is -2.19. The third kappa shape index (κ3) is 1.80. The Morgan fingerprint density at radius 1 is 1.38 bits per heavy atom. The maximum Gasteiger partial charge on any atom is 0.258 e. The van der Waals surface area contributed by atoms with Gasteiger partial charge in [0.1, 0.15) is 5.82 Å². The van der Waals surface area contributed by atoms with Crippen molar-refractivity contribution in [3.05, 3.63) is 46.6 Å². The van der Waals surface area contributed by atoms with Crippen LogP contribution < -0.4 is 5.56 Å². The molecule has 0 saturated carbocycles. The number of fused-ring (bicyclic) bond motifs is 1. The third-order valence-corrected chi connectivity index (χ3v) is 2.40. The molecule has 2 aromatic rings. The molecule has 0 spiro atoms. The summed E-state index contributed by atoms with van der Waals surface area (Å²) in [5.41, 5.74) is -0.187. The van der Waals surface area contributed by atoms with Gasteiger partial charge in [-0.2, -0.15) is 5.26 Å². The van der Waals surface area contributed by atoms with E-state index in [0.717, 1.165) is 0 Å². The van der Waals surface area contributed by atoms with Gasteiger partial charge in [-0.15, -0.1) is 0 Å². The number of hydrogen-bond donors (Lipinski definition) is 0. The number of halogens is 1. The first kappa shape index (κ1) is 10.4. The van der Waals surface area contributed by atoms with Crippen LogP contribution in [0.2, 0.25) is 0 Å². The zero-order valence-electron chi connectivity index (χ0n) is 8.48. The molecule has 1 aromatic carbocycles. The minimum absolute atomic E-state index is 0.187. The fraction of sp³-hybridized carbons (Fsp3) is 0.167. The first-order valence-electron chi connectivity index (χ1n) is 4.88. The largest absolute Gasteiger partial charge is 0.314 e. The molecule has 0 radical (unpaired) electrons. The van der Waals surface area contributed by atoms with Gasteiger partial charge < -0.3 is 4.57 Å². The van der Waals surface area contributed by atoms with Crippen molar-refractivity contribution in [3.63, 3.8) is 0 Å². The first-order chi connectivity index (χ1) is 7.72. The van der Waals surface area contributed by atoms with Gasteiger partial charge in [-0.05, 0) is 29.7 Å². The molecule has 0 unspecified atom stereocenters. The van der Waals surface area contributed by atoms with E-state index in [-0.39, 0.29) is 17.8 Å². The topological polar surface area (TPSA) is 45.8 Å². The molecule has 1 aromatic heterocycles. The lowest BCUT2D eigenvalue weighted by Gasteiger charge is -2.04. The Labute approximate surface area is 91.4 Å². The van der Waals surface area contributed by atoms with Crippen LogP contribution in [0.4, 0.5) is 4.39 Å². The van der Waals surface area contributed by atoms with Crippen LogP contribution in [0.3, 0.4) is 0 Å². The molecule has 0 aliphatic heterocycles. The van der Waals surface area contributed by atoms with Crippen molar-refractivity contribution in [2.24, 2.45) is 0 Å². The summed E-state index contributed by atoms with van der Waals surface area (Å²) in [5.74, 6) is -0.360. The number of benzene rings is 1. The molecule has 0 amide bonds. The zero-order valence-corrected chi connectivity index (χ0v) is 8.48. The number of rotatable bonds is 2. The zero-order chi connectivity index (χ0) is 11.5. The van der Waals surface area contributed by atoms with E-state index in [1.807, 2.05) is 6.07 Å². The van der Waals surface area contributed by atoms with Crippen molar-refractivity contribution in [1.29, 1.82) is 5.26 Å². The standard InChI is InChI=1S/C12H9FN2O/c13-10-2-3-11-9(8-10)4-7-15(12(11)16)6-1-5-14/h2-4,7-8H,1,6H2. The van der Waals surface area contributed by atoms with Gasteiger partial charge in [0, 0.05) is 18.1 Å². The molecule has 2 rings (SSSR count). The van der Waals surface area contributed by atoms with E-state index < -0.39 is 0 Å². The Kier molecular flexibility index (Phi) is 2.69. The van der Waals surface area contributed by atoms with Crippen LogP contribution >= 0.6 is 0 Å². The van der Waals surface area contributed by atoms with Gasteiger partial charge in [-0.25, -0.2) is 4.39 Å². The highest BCUT2D eigenvalue weighted by Crippen LogP contribution is 2.11. The monoisotopic (exact) mass is 216 g/mol. The first-order valence-corrected chi connectivity index (χ1v) is 4.88. The second-order valence-corrected chi connectivity index (χ2v) is 3.45. The molecular formula is C12H9FN2O. The quantitative estimate of drug-likeness (QED) is 0.771. The van der Waals surface area contributed by atoms with Gasteiger partial charge in [-0.3, -0.25) is 4.79 Å². The molecule has 0 atom stereocenters. The van der Waals surface area contributed by atoms with Crippen molar-refractivity contribution < 1.29 is 4.39 Å². The predicted octanol–water partition coefficient (Wildman–Crippen LogP) is 2.05.